The summed E-state index contributed by atoms with van der Waals surface area (Å²) in [6, 6.07) is 4.24. The van der Waals surface area contributed by atoms with Crippen molar-refractivity contribution in [1.29, 1.82) is 5.26 Å². The summed E-state index contributed by atoms with van der Waals surface area (Å²) in [5.41, 5.74) is -4.64. The van der Waals surface area contributed by atoms with Crippen molar-refractivity contribution < 1.29 is 22.7 Å². The van der Waals surface area contributed by atoms with Crippen LogP contribution in [0.5, 0.6) is 0 Å². The van der Waals surface area contributed by atoms with E-state index in [0.29, 0.717) is 4.90 Å². The van der Waals surface area contributed by atoms with Crippen molar-refractivity contribution in [2.45, 2.75) is 28.6 Å². The number of hydrogen-bond donors (Lipinski definition) is 1. The van der Waals surface area contributed by atoms with Crippen molar-refractivity contribution in [3.8, 4) is 6.07 Å². The van der Waals surface area contributed by atoms with Crippen molar-refractivity contribution in [3.05, 3.63) is 23.3 Å². The molecule has 0 spiro atoms. The minimum Gasteiger partial charge on any atom is -0.466 e. The quantitative estimate of drug-likeness (QED) is 0.523. The van der Waals surface area contributed by atoms with Crippen LogP contribution in [-0.2, 0) is 16.0 Å². The monoisotopic (exact) mass is 321 g/mol. The van der Waals surface area contributed by atoms with Gasteiger partial charge in [-0.3, -0.25) is 4.79 Å². The molecule has 0 aliphatic carbocycles. The van der Waals surface area contributed by atoms with E-state index in [0.717, 1.165) is 0 Å². The maximum Gasteiger partial charge on any atom is 0.446 e. The first kappa shape index (κ1) is 16.7. The second-order valence-corrected chi connectivity index (χ2v) is 5.21. The fourth-order valence-corrected chi connectivity index (χ4v) is 2.48. The number of esters is 1. The van der Waals surface area contributed by atoms with E-state index in [9.17, 15) is 18.0 Å². The van der Waals surface area contributed by atoms with Crippen LogP contribution in [0.1, 0.15) is 18.1 Å². The second-order valence-electron chi connectivity index (χ2n) is 3.62. The summed E-state index contributed by atoms with van der Waals surface area (Å²) in [6.07, 6.45) is -0.338. The number of carbonyl (C=O) groups excluding carboxylic acids is 1. The van der Waals surface area contributed by atoms with Crippen LogP contribution >= 0.6 is 24.4 Å². The molecule has 108 valence electrons. The third kappa shape index (κ3) is 4.98. The van der Waals surface area contributed by atoms with Gasteiger partial charge in [0.2, 0.25) is 0 Å². The van der Waals surface area contributed by atoms with Gasteiger partial charge < -0.3 is 4.74 Å². The predicted molar refractivity (Wildman–Crippen MR) is 70.7 cm³/mol. The topological polar surface area (TPSA) is 50.1 Å². The summed E-state index contributed by atoms with van der Waals surface area (Å²) in [6.45, 7) is 1.73. The molecule has 0 heterocycles. The smallest absolute Gasteiger partial charge is 0.446 e. The molecule has 0 saturated heterocycles. The fraction of sp³-hybridized carbons (Fsp3) is 0.333. The molecule has 1 rings (SSSR count). The van der Waals surface area contributed by atoms with Crippen LogP contribution < -0.4 is 0 Å². The first-order valence-corrected chi connectivity index (χ1v) is 6.70. The maximum atomic E-state index is 12.5. The minimum atomic E-state index is -4.55. The number of nitrogens with zero attached hydrogens (tertiary/aromatic N) is 1. The molecule has 0 aromatic heterocycles. The molecule has 0 aliphatic heterocycles. The Kier molecular flexibility index (Phi) is 5.77. The molecule has 8 heteroatoms. The van der Waals surface area contributed by atoms with Crippen molar-refractivity contribution in [1.82, 2.24) is 0 Å². The lowest BCUT2D eigenvalue weighted by molar-refractivity contribution is -0.142. The zero-order chi connectivity index (χ0) is 15.3. The number of benzene rings is 1. The number of thioether (sulfide) groups is 1. The lowest BCUT2D eigenvalue weighted by Gasteiger charge is -2.13. The summed E-state index contributed by atoms with van der Waals surface area (Å²) in [5.74, 6) is -0.653. The van der Waals surface area contributed by atoms with Gasteiger partial charge in [-0.25, -0.2) is 0 Å². The second kappa shape index (κ2) is 6.90. The Morgan fingerprint density at radius 2 is 2.15 bits per heavy atom. The fourth-order valence-electron chi connectivity index (χ4n) is 1.49. The van der Waals surface area contributed by atoms with Gasteiger partial charge in [0, 0.05) is 9.79 Å². The van der Waals surface area contributed by atoms with Gasteiger partial charge in [-0.05, 0) is 36.4 Å². The van der Waals surface area contributed by atoms with E-state index < -0.39 is 23.2 Å². The molecule has 0 unspecified atom stereocenters. The Hall–Kier alpha value is -1.33. The Bertz CT molecular complexity index is 553. The molecule has 0 bridgehead atoms. The molecule has 1 aromatic carbocycles. The van der Waals surface area contributed by atoms with E-state index in [1.54, 1.807) is 13.0 Å². The van der Waals surface area contributed by atoms with Crippen LogP contribution in [0.3, 0.4) is 0 Å². The van der Waals surface area contributed by atoms with Crippen molar-refractivity contribution >= 4 is 30.4 Å². The number of hydrogen-bond acceptors (Lipinski definition) is 5. The van der Waals surface area contributed by atoms with Crippen molar-refractivity contribution in [2.75, 3.05) is 6.61 Å². The van der Waals surface area contributed by atoms with Gasteiger partial charge in [0.25, 0.3) is 0 Å². The van der Waals surface area contributed by atoms with Crippen LogP contribution in [0.2, 0.25) is 0 Å². The molecule has 0 atom stereocenters. The van der Waals surface area contributed by atoms with Gasteiger partial charge >= 0.3 is 11.5 Å². The van der Waals surface area contributed by atoms with E-state index in [4.69, 9.17) is 10.00 Å². The predicted octanol–water partition coefficient (Wildman–Crippen LogP) is 3.56. The molecular formula is C12H10F3NO2S2. The average molecular weight is 321 g/mol. The molecule has 20 heavy (non-hydrogen) atoms. The van der Waals surface area contributed by atoms with Crippen LogP contribution in [0.4, 0.5) is 13.2 Å². The molecule has 1 aromatic rings. The zero-order valence-electron chi connectivity index (χ0n) is 10.3. The molecule has 0 fully saturated rings. The Balaban J connectivity index is 3.23. The third-order valence-electron chi connectivity index (χ3n) is 2.13. The van der Waals surface area contributed by atoms with Crippen LogP contribution in [0.25, 0.3) is 0 Å². The zero-order valence-corrected chi connectivity index (χ0v) is 12.0. The highest BCUT2D eigenvalue weighted by molar-refractivity contribution is 8.00. The number of ether oxygens (including phenoxy) is 1. The number of nitriles is 1. The molecule has 0 N–H and O–H groups in total. The largest absolute Gasteiger partial charge is 0.466 e. The van der Waals surface area contributed by atoms with Crippen LogP contribution in [-0.4, -0.2) is 18.1 Å². The van der Waals surface area contributed by atoms with Crippen molar-refractivity contribution in [2.24, 2.45) is 0 Å². The van der Waals surface area contributed by atoms with E-state index in [-0.39, 0.29) is 29.1 Å². The van der Waals surface area contributed by atoms with E-state index in [1.807, 2.05) is 0 Å². The van der Waals surface area contributed by atoms with Crippen molar-refractivity contribution in [3.63, 3.8) is 0 Å². The highest BCUT2D eigenvalue weighted by Crippen LogP contribution is 2.41. The van der Waals surface area contributed by atoms with E-state index >= 15 is 0 Å². The highest BCUT2D eigenvalue weighted by Gasteiger charge is 2.32. The molecule has 0 saturated carbocycles. The number of halogens is 3. The first-order valence-electron chi connectivity index (χ1n) is 5.44. The molecule has 0 radical (unpaired) electrons. The average Bonchev–Trinajstić information content (AvgIpc) is 2.31. The van der Waals surface area contributed by atoms with Gasteiger partial charge in [-0.15, -0.1) is 12.6 Å². The van der Waals surface area contributed by atoms with E-state index in [1.165, 1.54) is 12.1 Å². The Morgan fingerprint density at radius 3 is 2.65 bits per heavy atom. The van der Waals surface area contributed by atoms with Crippen LogP contribution in [0, 0.1) is 11.3 Å². The number of carbonyl (C=O) groups is 1. The maximum absolute atomic E-state index is 12.5. The summed E-state index contributed by atoms with van der Waals surface area (Å²) < 4.78 is 42.3. The molecular weight excluding hydrogens is 311 g/mol. The minimum absolute atomic E-state index is 0.0785. The van der Waals surface area contributed by atoms with Gasteiger partial charge in [0.15, 0.2) is 0 Å². The standard InChI is InChI=1S/C12H10F3NO2S2/c1-2-18-10(17)5-7-3-9(19)4-8(6-16)11(7)20-12(13,14)15/h3-4,19H,2,5H2,1H3. The highest BCUT2D eigenvalue weighted by atomic mass is 32.2. The summed E-state index contributed by atoms with van der Waals surface area (Å²) in [4.78, 5) is 11.4. The molecule has 0 aliphatic rings. The normalized spacial score (nSPS) is 11.0. The lowest BCUT2D eigenvalue weighted by Crippen LogP contribution is -2.10. The third-order valence-corrected chi connectivity index (χ3v) is 3.30. The lowest BCUT2D eigenvalue weighted by atomic mass is 10.1. The summed E-state index contributed by atoms with van der Waals surface area (Å²) >= 11 is 3.60. The molecule has 0 amide bonds. The van der Waals surface area contributed by atoms with Gasteiger partial charge in [0.05, 0.1) is 18.6 Å². The van der Waals surface area contributed by atoms with Crippen LogP contribution in [0.15, 0.2) is 21.9 Å². The van der Waals surface area contributed by atoms with E-state index in [2.05, 4.69) is 12.6 Å². The molecule has 3 nitrogen and oxygen atoms in total. The number of thiol groups is 1. The summed E-state index contributed by atoms with van der Waals surface area (Å²) in [7, 11) is 0. The van der Waals surface area contributed by atoms with Gasteiger partial charge in [-0.1, -0.05) is 0 Å². The first-order chi connectivity index (χ1) is 9.26. The Morgan fingerprint density at radius 1 is 1.50 bits per heavy atom. The Labute approximate surface area is 123 Å². The SMILES string of the molecule is CCOC(=O)Cc1cc(S)cc(C#N)c1SC(F)(F)F. The number of rotatable bonds is 4. The number of alkyl halides is 3. The van der Waals surface area contributed by atoms with Gasteiger partial charge in [-0.2, -0.15) is 18.4 Å². The van der Waals surface area contributed by atoms with Gasteiger partial charge in [0.1, 0.15) is 6.07 Å². The summed E-state index contributed by atoms with van der Waals surface area (Å²) in [5, 5.41) is 8.92.